The van der Waals surface area contributed by atoms with Crippen molar-refractivity contribution in [2.45, 2.75) is 20.3 Å². The molecule has 2 radical (unpaired) electrons. The highest BCUT2D eigenvalue weighted by Gasteiger charge is 2.01. The second-order valence-electron chi connectivity index (χ2n) is 1.67. The molecular weight excluding hydrogens is 88.1 g/mol. The van der Waals surface area contributed by atoms with Crippen molar-refractivity contribution in [2.24, 2.45) is 0 Å². The standard InChI is InChI=1S/C6H10O/c1-4-6(7)5(2)3/h1,4H2,2-3H3. The topological polar surface area (TPSA) is 17.1 Å². The van der Waals surface area contributed by atoms with Crippen LogP contribution in [-0.4, -0.2) is 5.78 Å². The lowest BCUT2D eigenvalue weighted by Crippen LogP contribution is -2.01. The average Bonchev–Trinajstić information content (AvgIpc) is 1.65. The lowest BCUT2D eigenvalue weighted by atomic mass is 10.1. The third kappa shape index (κ3) is 2.38. The molecule has 0 aliphatic carbocycles. The smallest absolute Gasteiger partial charge is 0.139 e. The van der Waals surface area contributed by atoms with Crippen LogP contribution in [0.5, 0.6) is 0 Å². The molecule has 0 aromatic heterocycles. The molecule has 0 amide bonds. The highest BCUT2D eigenvalue weighted by molar-refractivity contribution is 5.91. The van der Waals surface area contributed by atoms with E-state index in [2.05, 4.69) is 6.92 Å². The molecule has 0 rings (SSSR count). The first kappa shape index (κ1) is 6.67. The molecule has 1 heteroatoms. The lowest BCUT2D eigenvalue weighted by Gasteiger charge is -1.95. The Bertz CT molecular complexity index is 64.6. The van der Waals surface area contributed by atoms with E-state index in [1.54, 1.807) is 13.8 Å². The summed E-state index contributed by atoms with van der Waals surface area (Å²) < 4.78 is 0. The van der Waals surface area contributed by atoms with Crippen LogP contribution < -0.4 is 0 Å². The van der Waals surface area contributed by atoms with E-state index in [0.717, 1.165) is 5.92 Å². The van der Waals surface area contributed by atoms with Gasteiger partial charge >= 0.3 is 0 Å². The Morgan fingerprint density at radius 1 is 1.57 bits per heavy atom. The summed E-state index contributed by atoms with van der Waals surface area (Å²) >= 11 is 0. The van der Waals surface area contributed by atoms with Gasteiger partial charge < -0.3 is 0 Å². The molecule has 0 heterocycles. The van der Waals surface area contributed by atoms with E-state index < -0.39 is 0 Å². The van der Waals surface area contributed by atoms with E-state index in [-0.39, 0.29) is 5.78 Å². The van der Waals surface area contributed by atoms with Crippen molar-refractivity contribution in [3.63, 3.8) is 0 Å². The Morgan fingerprint density at radius 3 is 2.00 bits per heavy atom. The summed E-state index contributed by atoms with van der Waals surface area (Å²) in [7, 11) is 0. The molecule has 0 aliphatic heterocycles. The number of hydrogen-bond donors (Lipinski definition) is 0. The van der Waals surface area contributed by atoms with Gasteiger partial charge in [0.1, 0.15) is 5.78 Å². The predicted octanol–water partition coefficient (Wildman–Crippen LogP) is 1.39. The molecule has 0 fully saturated rings. The summed E-state index contributed by atoms with van der Waals surface area (Å²) in [5.74, 6) is 0.995. The normalized spacial score (nSPS) is 9.71. The van der Waals surface area contributed by atoms with Crippen molar-refractivity contribution in [2.75, 3.05) is 0 Å². The fraction of sp³-hybridized carbons (Fsp3) is 0.500. The van der Waals surface area contributed by atoms with Gasteiger partial charge in [-0.15, -0.1) is 0 Å². The molecule has 7 heavy (non-hydrogen) atoms. The zero-order chi connectivity index (χ0) is 5.86. The van der Waals surface area contributed by atoms with Crippen LogP contribution in [0, 0.1) is 12.8 Å². The van der Waals surface area contributed by atoms with Gasteiger partial charge in [0, 0.05) is 12.3 Å². The van der Waals surface area contributed by atoms with Crippen LogP contribution >= 0.6 is 0 Å². The van der Waals surface area contributed by atoms with Crippen molar-refractivity contribution in [1.82, 2.24) is 0 Å². The van der Waals surface area contributed by atoms with E-state index in [0.29, 0.717) is 6.42 Å². The first-order valence-electron chi connectivity index (χ1n) is 2.31. The van der Waals surface area contributed by atoms with Crippen LogP contribution in [0.2, 0.25) is 0 Å². The van der Waals surface area contributed by atoms with Gasteiger partial charge in [-0.2, -0.15) is 0 Å². The number of ketones is 1. The Labute approximate surface area is 44.7 Å². The van der Waals surface area contributed by atoms with Gasteiger partial charge in [0.15, 0.2) is 0 Å². The number of carbonyl (C=O) groups is 1. The van der Waals surface area contributed by atoms with Crippen molar-refractivity contribution in [3.8, 4) is 0 Å². The molecule has 0 atom stereocenters. The molecule has 0 N–H and O–H groups in total. The SMILES string of the molecule is [CH2]CC(=O)[C](C)C. The average molecular weight is 98.1 g/mol. The van der Waals surface area contributed by atoms with Gasteiger partial charge in [-0.25, -0.2) is 0 Å². The molecule has 0 saturated heterocycles. The molecule has 0 aromatic rings. The Morgan fingerprint density at radius 2 is 2.00 bits per heavy atom. The van der Waals surface area contributed by atoms with Crippen LogP contribution in [0.25, 0.3) is 0 Å². The van der Waals surface area contributed by atoms with Crippen molar-refractivity contribution < 1.29 is 4.79 Å². The van der Waals surface area contributed by atoms with Crippen LogP contribution in [0.15, 0.2) is 0 Å². The van der Waals surface area contributed by atoms with Crippen molar-refractivity contribution in [1.29, 1.82) is 0 Å². The summed E-state index contributed by atoms with van der Waals surface area (Å²) in [6.45, 7) is 7.03. The monoisotopic (exact) mass is 98.1 g/mol. The second-order valence-corrected chi connectivity index (χ2v) is 1.67. The lowest BCUT2D eigenvalue weighted by molar-refractivity contribution is -0.116. The number of Topliss-reactive ketones (excluding diaryl/α,β-unsaturated/α-hetero) is 1. The zero-order valence-electron chi connectivity index (χ0n) is 4.82. The zero-order valence-corrected chi connectivity index (χ0v) is 4.82. The minimum atomic E-state index is 0.153. The molecule has 0 saturated carbocycles. The van der Waals surface area contributed by atoms with Crippen LogP contribution in [0.1, 0.15) is 20.3 Å². The first-order valence-corrected chi connectivity index (χ1v) is 2.31. The largest absolute Gasteiger partial charge is 0.299 e. The molecular formula is C6H10O. The minimum Gasteiger partial charge on any atom is -0.299 e. The molecule has 0 spiro atoms. The Balaban J connectivity index is 3.35. The molecule has 0 aromatic carbocycles. The van der Waals surface area contributed by atoms with E-state index in [4.69, 9.17) is 0 Å². The third-order valence-corrected chi connectivity index (χ3v) is 0.785. The second kappa shape index (κ2) is 2.78. The van der Waals surface area contributed by atoms with Gasteiger partial charge in [0.2, 0.25) is 0 Å². The summed E-state index contributed by atoms with van der Waals surface area (Å²) in [5.41, 5.74) is 0. The molecule has 0 unspecified atom stereocenters. The van der Waals surface area contributed by atoms with Gasteiger partial charge in [-0.05, 0) is 6.92 Å². The predicted molar refractivity (Wildman–Crippen MR) is 29.6 cm³/mol. The van der Waals surface area contributed by atoms with Gasteiger partial charge in [0.05, 0.1) is 0 Å². The van der Waals surface area contributed by atoms with E-state index in [1.807, 2.05) is 0 Å². The van der Waals surface area contributed by atoms with Crippen LogP contribution in [0.3, 0.4) is 0 Å². The maximum Gasteiger partial charge on any atom is 0.139 e. The summed E-state index contributed by atoms with van der Waals surface area (Å²) in [6, 6.07) is 0. The Hall–Kier alpha value is -0.330. The molecule has 40 valence electrons. The van der Waals surface area contributed by atoms with Gasteiger partial charge in [-0.3, -0.25) is 4.79 Å². The number of carbonyl (C=O) groups excluding carboxylic acids is 1. The fourth-order valence-corrected chi connectivity index (χ4v) is 0.250. The van der Waals surface area contributed by atoms with Crippen LogP contribution in [-0.2, 0) is 4.79 Å². The summed E-state index contributed by atoms with van der Waals surface area (Å²) in [4.78, 5) is 10.4. The molecule has 0 aliphatic rings. The maximum absolute atomic E-state index is 10.4. The fourth-order valence-electron chi connectivity index (χ4n) is 0.250. The number of hydrogen-bond acceptors (Lipinski definition) is 1. The first-order chi connectivity index (χ1) is 3.18. The molecule has 1 nitrogen and oxygen atoms in total. The summed E-state index contributed by atoms with van der Waals surface area (Å²) in [6.07, 6.45) is 0.391. The van der Waals surface area contributed by atoms with Crippen molar-refractivity contribution >= 4 is 5.78 Å². The van der Waals surface area contributed by atoms with E-state index in [9.17, 15) is 4.79 Å². The quantitative estimate of drug-likeness (QED) is 0.510. The molecule has 0 bridgehead atoms. The highest BCUT2D eigenvalue weighted by Crippen LogP contribution is 1.98. The van der Waals surface area contributed by atoms with Crippen molar-refractivity contribution in [3.05, 3.63) is 12.8 Å². The number of rotatable bonds is 2. The third-order valence-electron chi connectivity index (χ3n) is 0.785. The maximum atomic E-state index is 10.4. The summed E-state index contributed by atoms with van der Waals surface area (Å²) in [5, 5.41) is 0. The van der Waals surface area contributed by atoms with Gasteiger partial charge in [0.25, 0.3) is 0 Å². The Kier molecular flexibility index (Phi) is 2.65. The van der Waals surface area contributed by atoms with Crippen LogP contribution in [0.4, 0.5) is 0 Å². The highest BCUT2D eigenvalue weighted by atomic mass is 16.1. The van der Waals surface area contributed by atoms with E-state index in [1.165, 1.54) is 0 Å². The van der Waals surface area contributed by atoms with Gasteiger partial charge in [-0.1, -0.05) is 13.8 Å². The van der Waals surface area contributed by atoms with E-state index >= 15 is 0 Å². The minimum absolute atomic E-state index is 0.153.